The van der Waals surface area contributed by atoms with Crippen LogP contribution in [0, 0.1) is 5.92 Å². The lowest BCUT2D eigenvalue weighted by molar-refractivity contribution is -0.132. The molecule has 0 aromatic rings. The highest BCUT2D eigenvalue weighted by molar-refractivity contribution is 8.01. The number of rotatable bonds is 3. The molecule has 0 aliphatic carbocycles. The molecule has 0 aromatic carbocycles. The standard InChI is InChI=1S/C16H27N3O2S2/c1-12(2)9-14(20)19-4-3-16(11-19)17-13(10-23-16)15(21)18-5-7-22-8-6-18/h12-13,17H,3-11H2,1-2H3/t13-,16?/m0/s1. The Kier molecular flexibility index (Phi) is 5.48. The van der Waals surface area contributed by atoms with E-state index in [0.717, 1.165) is 49.9 Å². The number of likely N-dealkylation sites (tertiary alicyclic amines) is 1. The van der Waals surface area contributed by atoms with E-state index in [-0.39, 0.29) is 22.7 Å². The van der Waals surface area contributed by atoms with Crippen LogP contribution in [0.5, 0.6) is 0 Å². The van der Waals surface area contributed by atoms with E-state index in [2.05, 4.69) is 19.2 Å². The van der Waals surface area contributed by atoms with Crippen molar-refractivity contribution in [2.45, 2.75) is 37.6 Å². The molecule has 3 aliphatic rings. The van der Waals surface area contributed by atoms with E-state index in [1.165, 1.54) is 0 Å². The minimum absolute atomic E-state index is 0.0803. The number of hydrogen-bond acceptors (Lipinski definition) is 5. The Balaban J connectivity index is 1.55. The van der Waals surface area contributed by atoms with Gasteiger partial charge in [0.25, 0.3) is 0 Å². The molecule has 3 fully saturated rings. The molecule has 1 unspecified atom stereocenters. The van der Waals surface area contributed by atoms with Crippen molar-refractivity contribution in [3.63, 3.8) is 0 Å². The van der Waals surface area contributed by atoms with Crippen molar-refractivity contribution in [3.8, 4) is 0 Å². The van der Waals surface area contributed by atoms with Crippen molar-refractivity contribution in [3.05, 3.63) is 0 Å². The Morgan fingerprint density at radius 2 is 1.96 bits per heavy atom. The summed E-state index contributed by atoms with van der Waals surface area (Å²) in [7, 11) is 0. The van der Waals surface area contributed by atoms with E-state index in [0.29, 0.717) is 12.3 Å². The van der Waals surface area contributed by atoms with Crippen LogP contribution in [0.1, 0.15) is 26.7 Å². The van der Waals surface area contributed by atoms with E-state index in [1.54, 1.807) is 0 Å². The lowest BCUT2D eigenvalue weighted by Gasteiger charge is -2.30. The fraction of sp³-hybridized carbons (Fsp3) is 0.875. The Morgan fingerprint density at radius 3 is 2.65 bits per heavy atom. The summed E-state index contributed by atoms with van der Waals surface area (Å²) in [6.45, 7) is 7.46. The molecule has 0 saturated carbocycles. The first-order chi connectivity index (χ1) is 11.0. The quantitative estimate of drug-likeness (QED) is 0.824. The summed E-state index contributed by atoms with van der Waals surface area (Å²) in [5.41, 5.74) is 0. The van der Waals surface area contributed by atoms with Gasteiger partial charge < -0.3 is 9.80 Å². The second-order valence-corrected chi connectivity index (χ2v) is 9.73. The average Bonchev–Trinajstić information content (AvgIpc) is 3.15. The van der Waals surface area contributed by atoms with Crippen LogP contribution in [0.4, 0.5) is 0 Å². The maximum Gasteiger partial charge on any atom is 0.240 e. The van der Waals surface area contributed by atoms with Gasteiger partial charge in [-0.15, -0.1) is 11.8 Å². The Hall–Kier alpha value is -0.400. The van der Waals surface area contributed by atoms with Crippen LogP contribution < -0.4 is 5.32 Å². The highest BCUT2D eigenvalue weighted by Crippen LogP contribution is 2.39. The first-order valence-corrected chi connectivity index (χ1v) is 10.7. The number of carbonyl (C=O) groups excluding carboxylic acids is 2. The van der Waals surface area contributed by atoms with Gasteiger partial charge in [0.1, 0.15) is 0 Å². The summed E-state index contributed by atoms with van der Waals surface area (Å²) in [6, 6.07) is -0.0803. The molecule has 0 bridgehead atoms. The van der Waals surface area contributed by atoms with Crippen molar-refractivity contribution < 1.29 is 9.59 Å². The van der Waals surface area contributed by atoms with Gasteiger partial charge in [0.15, 0.2) is 0 Å². The molecule has 130 valence electrons. The number of thioether (sulfide) groups is 2. The highest BCUT2D eigenvalue weighted by Gasteiger charge is 2.48. The van der Waals surface area contributed by atoms with Crippen LogP contribution in [0.3, 0.4) is 0 Å². The highest BCUT2D eigenvalue weighted by atomic mass is 32.2. The molecule has 1 N–H and O–H groups in total. The van der Waals surface area contributed by atoms with Gasteiger partial charge in [-0.3, -0.25) is 14.9 Å². The van der Waals surface area contributed by atoms with Gasteiger partial charge in [0.2, 0.25) is 11.8 Å². The predicted molar refractivity (Wildman–Crippen MR) is 96.7 cm³/mol. The summed E-state index contributed by atoms with van der Waals surface area (Å²) >= 11 is 3.76. The third-order valence-electron chi connectivity index (χ3n) is 4.75. The maximum absolute atomic E-state index is 12.7. The maximum atomic E-state index is 12.7. The van der Waals surface area contributed by atoms with Crippen LogP contribution >= 0.6 is 23.5 Å². The number of nitrogens with one attached hydrogen (secondary N) is 1. The van der Waals surface area contributed by atoms with Crippen molar-refractivity contribution >= 4 is 35.3 Å². The lowest BCUT2D eigenvalue weighted by Crippen LogP contribution is -2.53. The zero-order valence-electron chi connectivity index (χ0n) is 14.0. The van der Waals surface area contributed by atoms with Gasteiger partial charge in [-0.1, -0.05) is 13.8 Å². The van der Waals surface area contributed by atoms with Crippen LogP contribution in [-0.2, 0) is 9.59 Å². The third-order valence-corrected chi connectivity index (χ3v) is 7.20. The van der Waals surface area contributed by atoms with Gasteiger partial charge in [-0.05, 0) is 12.3 Å². The summed E-state index contributed by atoms with van der Waals surface area (Å²) in [4.78, 5) is 28.8. The Labute approximate surface area is 147 Å². The molecule has 7 heteroatoms. The molecule has 0 radical (unpaired) electrons. The van der Waals surface area contributed by atoms with E-state index >= 15 is 0 Å². The molecule has 3 rings (SSSR count). The van der Waals surface area contributed by atoms with Crippen LogP contribution in [-0.4, -0.2) is 76.0 Å². The molecule has 23 heavy (non-hydrogen) atoms. The minimum Gasteiger partial charge on any atom is -0.340 e. The van der Waals surface area contributed by atoms with Crippen LogP contribution in [0.15, 0.2) is 0 Å². The van der Waals surface area contributed by atoms with Crippen molar-refractivity contribution in [2.24, 2.45) is 5.92 Å². The SMILES string of the molecule is CC(C)CC(=O)N1CCC2(C1)N[C@H](C(=O)N1CCSCC1)CS2. The summed E-state index contributed by atoms with van der Waals surface area (Å²) in [5.74, 6) is 3.83. The molecule has 2 atom stereocenters. The predicted octanol–water partition coefficient (Wildman–Crippen LogP) is 1.24. The smallest absolute Gasteiger partial charge is 0.240 e. The van der Waals surface area contributed by atoms with E-state index in [9.17, 15) is 9.59 Å². The van der Waals surface area contributed by atoms with Crippen LogP contribution in [0.2, 0.25) is 0 Å². The van der Waals surface area contributed by atoms with Gasteiger partial charge in [0.05, 0.1) is 10.9 Å². The molecular weight excluding hydrogens is 330 g/mol. The second-order valence-electron chi connectivity index (χ2n) is 7.10. The van der Waals surface area contributed by atoms with Crippen molar-refractivity contribution in [1.29, 1.82) is 0 Å². The number of carbonyl (C=O) groups is 2. The topological polar surface area (TPSA) is 52.7 Å². The van der Waals surface area contributed by atoms with Gasteiger partial charge in [-0.2, -0.15) is 11.8 Å². The van der Waals surface area contributed by atoms with E-state index in [4.69, 9.17) is 0 Å². The molecule has 5 nitrogen and oxygen atoms in total. The first-order valence-electron chi connectivity index (χ1n) is 8.55. The van der Waals surface area contributed by atoms with Gasteiger partial charge in [0, 0.05) is 49.9 Å². The van der Waals surface area contributed by atoms with Gasteiger partial charge in [-0.25, -0.2) is 0 Å². The fourth-order valence-electron chi connectivity index (χ4n) is 3.49. The molecule has 2 amide bonds. The average molecular weight is 358 g/mol. The second kappa shape index (κ2) is 7.23. The largest absolute Gasteiger partial charge is 0.340 e. The molecule has 3 aliphatic heterocycles. The zero-order valence-corrected chi connectivity index (χ0v) is 15.7. The van der Waals surface area contributed by atoms with Gasteiger partial charge >= 0.3 is 0 Å². The minimum atomic E-state index is -0.0997. The molecule has 1 spiro atoms. The summed E-state index contributed by atoms with van der Waals surface area (Å²) in [6.07, 6.45) is 1.57. The summed E-state index contributed by atoms with van der Waals surface area (Å²) in [5, 5.41) is 3.57. The van der Waals surface area contributed by atoms with E-state index in [1.807, 2.05) is 33.3 Å². The Bertz CT molecular complexity index is 468. The molecule has 0 aromatic heterocycles. The first kappa shape index (κ1) is 17.4. The zero-order chi connectivity index (χ0) is 16.4. The molecular formula is C16H27N3O2S2. The summed E-state index contributed by atoms with van der Waals surface area (Å²) < 4.78 is 0. The molecule has 3 saturated heterocycles. The normalized spacial score (nSPS) is 31.3. The fourth-order valence-corrected chi connectivity index (χ4v) is 5.81. The number of hydrogen-bond donors (Lipinski definition) is 1. The molecule has 3 heterocycles. The lowest BCUT2D eigenvalue weighted by atomic mass is 10.1. The monoisotopic (exact) mass is 357 g/mol. The van der Waals surface area contributed by atoms with E-state index < -0.39 is 0 Å². The third kappa shape index (κ3) is 3.99. The Morgan fingerprint density at radius 1 is 1.22 bits per heavy atom. The number of amides is 2. The van der Waals surface area contributed by atoms with Crippen LogP contribution in [0.25, 0.3) is 0 Å². The van der Waals surface area contributed by atoms with Crippen molar-refractivity contribution in [1.82, 2.24) is 15.1 Å². The van der Waals surface area contributed by atoms with Crippen molar-refractivity contribution in [2.75, 3.05) is 43.4 Å². The number of nitrogens with zero attached hydrogens (tertiary/aromatic N) is 2.